The largest absolute Gasteiger partial charge is 0.497 e. The summed E-state index contributed by atoms with van der Waals surface area (Å²) in [6, 6.07) is 14.7. The molecule has 0 unspecified atom stereocenters. The van der Waals surface area contributed by atoms with Crippen molar-refractivity contribution >= 4 is 0 Å². The molecule has 0 saturated carbocycles. The molecule has 3 rings (SSSR count). The van der Waals surface area contributed by atoms with Crippen LogP contribution in [-0.4, -0.2) is 55.2 Å². The predicted octanol–water partition coefficient (Wildman–Crippen LogP) is 2.44. The number of aliphatic hydroxyl groups is 1. The molecule has 0 amide bonds. The molecule has 0 saturated heterocycles. The fourth-order valence-electron chi connectivity index (χ4n) is 3.62. The van der Waals surface area contributed by atoms with E-state index in [-0.39, 0.29) is 5.56 Å². The van der Waals surface area contributed by atoms with Crippen LogP contribution in [0.5, 0.6) is 17.2 Å². The molecule has 8 heteroatoms. The van der Waals surface area contributed by atoms with Crippen molar-refractivity contribution in [2.45, 2.75) is 26.0 Å². The van der Waals surface area contributed by atoms with E-state index in [0.29, 0.717) is 37.0 Å². The van der Waals surface area contributed by atoms with Gasteiger partial charge in [0, 0.05) is 23.9 Å². The van der Waals surface area contributed by atoms with Gasteiger partial charge in [0.25, 0.3) is 5.56 Å². The number of rotatable bonds is 11. The number of methoxy groups -OCH3 is 3. The van der Waals surface area contributed by atoms with Crippen molar-refractivity contribution in [2.24, 2.45) is 0 Å². The summed E-state index contributed by atoms with van der Waals surface area (Å²) in [5.74, 6) is 2.63. The van der Waals surface area contributed by atoms with E-state index in [1.54, 1.807) is 21.3 Å². The van der Waals surface area contributed by atoms with Crippen LogP contribution >= 0.6 is 0 Å². The zero-order chi connectivity index (χ0) is 23.8. The third-order valence-corrected chi connectivity index (χ3v) is 5.39. The van der Waals surface area contributed by atoms with Gasteiger partial charge in [0.2, 0.25) is 0 Å². The fraction of sp³-hybridized carbons (Fsp3) is 0.360. The molecule has 0 spiro atoms. The second-order valence-electron chi connectivity index (χ2n) is 7.70. The van der Waals surface area contributed by atoms with E-state index in [1.165, 1.54) is 6.07 Å². The summed E-state index contributed by atoms with van der Waals surface area (Å²) in [6.45, 7) is 3.25. The molecule has 2 N–H and O–H groups in total. The van der Waals surface area contributed by atoms with Gasteiger partial charge in [-0.1, -0.05) is 6.07 Å². The molecule has 0 radical (unpaired) electrons. The highest BCUT2D eigenvalue weighted by Gasteiger charge is 2.14. The molecular formula is C25H31N3O5. The van der Waals surface area contributed by atoms with Gasteiger partial charge < -0.3 is 29.2 Å². The smallest absolute Gasteiger partial charge is 0.273 e. The molecule has 8 nitrogen and oxygen atoms in total. The van der Waals surface area contributed by atoms with E-state index < -0.39 is 6.10 Å². The minimum absolute atomic E-state index is 0.308. The summed E-state index contributed by atoms with van der Waals surface area (Å²) in [6.07, 6.45) is 0.123. The second kappa shape index (κ2) is 11.5. The number of aryl methyl sites for hydroxylation is 1. The predicted molar refractivity (Wildman–Crippen MR) is 127 cm³/mol. The Kier molecular flexibility index (Phi) is 8.46. The molecule has 0 fully saturated rings. The Morgan fingerprint density at radius 1 is 1.00 bits per heavy atom. The number of benzene rings is 2. The van der Waals surface area contributed by atoms with Gasteiger partial charge in [-0.05, 0) is 61.9 Å². The van der Waals surface area contributed by atoms with E-state index >= 15 is 0 Å². The van der Waals surface area contributed by atoms with Crippen molar-refractivity contribution in [1.82, 2.24) is 14.9 Å². The summed E-state index contributed by atoms with van der Waals surface area (Å²) in [4.78, 5) is 16.2. The van der Waals surface area contributed by atoms with Crippen LogP contribution in [0.2, 0.25) is 0 Å². The lowest BCUT2D eigenvalue weighted by Crippen LogP contribution is -2.33. The molecular weight excluding hydrogens is 422 g/mol. The third kappa shape index (κ3) is 6.34. The van der Waals surface area contributed by atoms with Crippen LogP contribution in [0.25, 0.3) is 11.4 Å². The van der Waals surface area contributed by atoms with Crippen LogP contribution in [0.3, 0.4) is 0 Å². The Morgan fingerprint density at radius 3 is 2.39 bits per heavy atom. The van der Waals surface area contributed by atoms with E-state index in [4.69, 9.17) is 14.2 Å². The monoisotopic (exact) mass is 453 g/mol. The Labute approximate surface area is 193 Å². The number of aliphatic hydroxyl groups excluding tert-OH is 1. The molecule has 1 aromatic heterocycles. The topological polar surface area (TPSA) is 94.8 Å². The van der Waals surface area contributed by atoms with E-state index in [0.717, 1.165) is 29.0 Å². The second-order valence-corrected chi connectivity index (χ2v) is 7.70. The molecule has 2 aromatic carbocycles. The van der Waals surface area contributed by atoms with Gasteiger partial charge in [-0.2, -0.15) is 4.98 Å². The number of hydrogen-bond acceptors (Lipinski definition) is 7. The van der Waals surface area contributed by atoms with Crippen LogP contribution < -0.4 is 25.1 Å². The Bertz CT molecular complexity index is 1110. The first-order valence-corrected chi connectivity index (χ1v) is 10.8. The van der Waals surface area contributed by atoms with Crippen molar-refractivity contribution in [3.63, 3.8) is 0 Å². The van der Waals surface area contributed by atoms with Gasteiger partial charge in [0.05, 0.1) is 34.0 Å². The average Bonchev–Trinajstić information content (AvgIpc) is 2.83. The molecule has 0 bridgehead atoms. The first-order chi connectivity index (χ1) is 15.9. The molecule has 1 atom stereocenters. The van der Waals surface area contributed by atoms with Crippen molar-refractivity contribution in [3.05, 3.63) is 70.1 Å². The normalized spacial score (nSPS) is 11.8. The van der Waals surface area contributed by atoms with E-state index in [9.17, 15) is 9.90 Å². The highest BCUT2D eigenvalue weighted by molar-refractivity contribution is 5.57. The van der Waals surface area contributed by atoms with Gasteiger partial charge in [0.1, 0.15) is 11.6 Å². The first kappa shape index (κ1) is 24.3. The number of aromatic nitrogens is 2. The summed E-state index contributed by atoms with van der Waals surface area (Å²) >= 11 is 0. The van der Waals surface area contributed by atoms with Crippen LogP contribution in [-0.2, 0) is 13.0 Å². The summed E-state index contributed by atoms with van der Waals surface area (Å²) < 4.78 is 17.7. The van der Waals surface area contributed by atoms with Crippen molar-refractivity contribution in [2.75, 3.05) is 34.4 Å². The summed E-state index contributed by atoms with van der Waals surface area (Å²) in [5, 5.41) is 13.9. The van der Waals surface area contributed by atoms with Crippen molar-refractivity contribution in [1.29, 1.82) is 0 Å². The van der Waals surface area contributed by atoms with Gasteiger partial charge >= 0.3 is 0 Å². The van der Waals surface area contributed by atoms with Gasteiger partial charge in [-0.3, -0.25) is 4.79 Å². The van der Waals surface area contributed by atoms with E-state index in [1.807, 2.05) is 54.0 Å². The molecule has 1 heterocycles. The van der Waals surface area contributed by atoms with Crippen molar-refractivity contribution in [3.8, 4) is 28.6 Å². The average molecular weight is 454 g/mol. The number of nitrogens with zero attached hydrogens (tertiary/aromatic N) is 2. The van der Waals surface area contributed by atoms with Crippen molar-refractivity contribution < 1.29 is 19.3 Å². The molecule has 0 aliphatic heterocycles. The zero-order valence-electron chi connectivity index (χ0n) is 19.5. The molecule has 33 heavy (non-hydrogen) atoms. The van der Waals surface area contributed by atoms with E-state index in [2.05, 4.69) is 10.3 Å². The zero-order valence-corrected chi connectivity index (χ0v) is 19.5. The highest BCUT2D eigenvalue weighted by atomic mass is 16.5. The quantitative estimate of drug-likeness (QED) is 0.431. The molecule has 3 aromatic rings. The van der Waals surface area contributed by atoms with Gasteiger partial charge in [-0.25, -0.2) is 0 Å². The Balaban J connectivity index is 1.62. The van der Waals surface area contributed by atoms with Gasteiger partial charge in [0.15, 0.2) is 11.5 Å². The number of ether oxygens (including phenoxy) is 3. The first-order valence-electron chi connectivity index (χ1n) is 10.8. The van der Waals surface area contributed by atoms with Crippen LogP contribution in [0.4, 0.5) is 0 Å². The maximum Gasteiger partial charge on any atom is 0.273 e. The lowest BCUT2D eigenvalue weighted by atomic mass is 10.1. The number of hydrogen-bond donors (Lipinski definition) is 2. The highest BCUT2D eigenvalue weighted by Crippen LogP contribution is 2.27. The Hall–Kier alpha value is -3.36. The minimum atomic E-state index is -0.657. The lowest BCUT2D eigenvalue weighted by Gasteiger charge is -2.20. The summed E-state index contributed by atoms with van der Waals surface area (Å²) in [5.41, 5.74) is 2.32. The molecule has 0 aliphatic rings. The Morgan fingerprint density at radius 2 is 1.73 bits per heavy atom. The van der Waals surface area contributed by atoms with Crippen LogP contribution in [0.1, 0.15) is 11.3 Å². The van der Waals surface area contributed by atoms with Crippen LogP contribution in [0.15, 0.2) is 53.3 Å². The standard InChI is InChI=1S/C25H31N3O5/c1-17-13-24(30)27-25(19-6-8-21(31-2)9-7-19)28(17)16-20(29)15-26-12-11-18-5-10-22(32-3)23(14-18)33-4/h5-10,13-14,20,26,29H,11-12,15-16H2,1-4H3/t20-/m0/s1. The lowest BCUT2D eigenvalue weighted by molar-refractivity contribution is 0.151. The van der Waals surface area contributed by atoms with Crippen LogP contribution in [0, 0.1) is 6.92 Å². The third-order valence-electron chi connectivity index (χ3n) is 5.39. The minimum Gasteiger partial charge on any atom is -0.497 e. The van der Waals surface area contributed by atoms with Gasteiger partial charge in [-0.15, -0.1) is 0 Å². The number of nitrogens with one attached hydrogen (secondary N) is 1. The SMILES string of the molecule is COc1ccc(-c2nc(=O)cc(C)n2C[C@@H](O)CNCCc2ccc(OC)c(OC)c2)cc1. The molecule has 0 aliphatic carbocycles. The summed E-state index contributed by atoms with van der Waals surface area (Å²) in [7, 11) is 4.83. The molecule has 176 valence electrons. The fourth-order valence-corrected chi connectivity index (χ4v) is 3.62. The maximum absolute atomic E-state index is 12.0. The maximum atomic E-state index is 12.0.